The molecule has 0 unspecified atom stereocenters. The van der Waals surface area contributed by atoms with E-state index in [-0.39, 0.29) is 0 Å². The van der Waals surface area contributed by atoms with Crippen LogP contribution in [0.1, 0.15) is 16.3 Å². The van der Waals surface area contributed by atoms with Crippen molar-refractivity contribution in [3.05, 3.63) is 34.0 Å². The van der Waals surface area contributed by atoms with Crippen LogP contribution in [0.5, 0.6) is 0 Å². The molecule has 0 N–H and O–H groups in total. The number of allylic oxidation sites excluding steroid dienone is 1. The maximum atomic E-state index is 9.08. The van der Waals surface area contributed by atoms with Crippen LogP contribution in [0.25, 0.3) is 11.6 Å². The Bertz CT molecular complexity index is 571. The Hall–Kier alpha value is -1.93. The van der Waals surface area contributed by atoms with E-state index >= 15 is 0 Å². The summed E-state index contributed by atoms with van der Waals surface area (Å²) in [5, 5.41) is 15.8. The molecule has 0 amide bonds. The van der Waals surface area contributed by atoms with Gasteiger partial charge in [0.05, 0.1) is 11.8 Å². The van der Waals surface area contributed by atoms with Crippen LogP contribution >= 0.6 is 11.3 Å². The van der Waals surface area contributed by atoms with E-state index in [4.69, 9.17) is 5.26 Å². The Morgan fingerprint density at radius 2 is 2.44 bits per heavy atom. The minimum absolute atomic E-state index is 0.575. The lowest BCUT2D eigenvalue weighted by Crippen LogP contribution is -1.84. The van der Waals surface area contributed by atoms with Crippen molar-refractivity contribution in [3.63, 3.8) is 0 Å². The summed E-state index contributed by atoms with van der Waals surface area (Å²) < 4.78 is 1.70. The summed E-state index contributed by atoms with van der Waals surface area (Å²) >= 11 is 1.48. The number of nitriles is 1. The Kier molecular flexibility index (Phi) is 2.84. The van der Waals surface area contributed by atoms with Gasteiger partial charge in [-0.3, -0.25) is 4.68 Å². The fourth-order valence-electron chi connectivity index (χ4n) is 1.30. The molecule has 0 saturated carbocycles. The average Bonchev–Trinajstić information content (AvgIpc) is 2.84. The summed E-state index contributed by atoms with van der Waals surface area (Å²) in [5.74, 6) is 0. The van der Waals surface area contributed by atoms with Gasteiger partial charge in [0.1, 0.15) is 11.1 Å². The van der Waals surface area contributed by atoms with Crippen molar-refractivity contribution in [3.8, 4) is 6.07 Å². The highest BCUT2D eigenvalue weighted by Gasteiger charge is 2.05. The zero-order chi connectivity index (χ0) is 11.5. The summed E-state index contributed by atoms with van der Waals surface area (Å²) in [7, 11) is 1.84. The van der Waals surface area contributed by atoms with Crippen molar-refractivity contribution in [2.24, 2.45) is 7.05 Å². The standard InChI is InChI=1S/C11H10N4S/c1-8-7-16-11(14-8)10(4-12)3-9-5-13-15(2)6-9/h3,5-7H,1-2H3/b10-3-. The molecule has 4 nitrogen and oxygen atoms in total. The zero-order valence-electron chi connectivity index (χ0n) is 9.01. The van der Waals surface area contributed by atoms with Crippen molar-refractivity contribution in [2.75, 3.05) is 0 Å². The molecule has 2 heterocycles. The number of nitrogens with zero attached hydrogens (tertiary/aromatic N) is 4. The molecule has 2 aromatic heterocycles. The van der Waals surface area contributed by atoms with Gasteiger partial charge in [0, 0.05) is 29.9 Å². The van der Waals surface area contributed by atoms with Gasteiger partial charge in [-0.15, -0.1) is 11.3 Å². The summed E-state index contributed by atoms with van der Waals surface area (Å²) in [5.41, 5.74) is 2.42. The smallest absolute Gasteiger partial charge is 0.134 e. The first-order chi connectivity index (χ1) is 7.69. The van der Waals surface area contributed by atoms with Crippen molar-refractivity contribution < 1.29 is 0 Å². The van der Waals surface area contributed by atoms with Crippen LogP contribution in [0.4, 0.5) is 0 Å². The highest BCUT2D eigenvalue weighted by Crippen LogP contribution is 2.20. The maximum Gasteiger partial charge on any atom is 0.134 e. The van der Waals surface area contributed by atoms with Gasteiger partial charge >= 0.3 is 0 Å². The fraction of sp³-hybridized carbons (Fsp3) is 0.182. The van der Waals surface area contributed by atoms with Gasteiger partial charge in [-0.25, -0.2) is 4.98 Å². The van der Waals surface area contributed by atoms with Crippen LogP contribution in [0.3, 0.4) is 0 Å². The van der Waals surface area contributed by atoms with Crippen LogP contribution in [0, 0.1) is 18.3 Å². The topological polar surface area (TPSA) is 54.5 Å². The average molecular weight is 230 g/mol. The predicted molar refractivity (Wildman–Crippen MR) is 63.5 cm³/mol. The summed E-state index contributed by atoms with van der Waals surface area (Å²) in [6, 6.07) is 2.16. The first-order valence-corrected chi connectivity index (χ1v) is 5.60. The van der Waals surface area contributed by atoms with Gasteiger partial charge in [-0.1, -0.05) is 0 Å². The Morgan fingerprint density at radius 1 is 1.62 bits per heavy atom. The molecular weight excluding hydrogens is 220 g/mol. The first kappa shape index (κ1) is 10.6. The van der Waals surface area contributed by atoms with E-state index in [1.165, 1.54) is 11.3 Å². The van der Waals surface area contributed by atoms with E-state index in [9.17, 15) is 0 Å². The van der Waals surface area contributed by atoms with E-state index in [0.717, 1.165) is 16.3 Å². The SMILES string of the molecule is Cc1csc(/C(C#N)=C\c2cnn(C)c2)n1. The van der Waals surface area contributed by atoms with E-state index in [2.05, 4.69) is 16.2 Å². The summed E-state index contributed by atoms with van der Waals surface area (Å²) in [6.07, 6.45) is 5.38. The molecule has 0 saturated heterocycles. The van der Waals surface area contributed by atoms with E-state index in [1.807, 2.05) is 25.5 Å². The van der Waals surface area contributed by atoms with Crippen molar-refractivity contribution in [1.29, 1.82) is 5.26 Å². The van der Waals surface area contributed by atoms with Crippen LogP contribution < -0.4 is 0 Å². The third kappa shape index (κ3) is 2.18. The van der Waals surface area contributed by atoms with Gasteiger partial charge in [0.25, 0.3) is 0 Å². The number of rotatable bonds is 2. The third-order valence-electron chi connectivity index (χ3n) is 2.01. The molecule has 0 aliphatic heterocycles. The third-order valence-corrected chi connectivity index (χ3v) is 3.00. The maximum absolute atomic E-state index is 9.08. The summed E-state index contributed by atoms with van der Waals surface area (Å²) in [4.78, 5) is 4.29. The molecule has 0 aromatic carbocycles. The minimum Gasteiger partial charge on any atom is -0.275 e. The number of aryl methyl sites for hydroxylation is 2. The zero-order valence-corrected chi connectivity index (χ0v) is 9.82. The molecule has 0 atom stereocenters. The molecule has 2 aromatic rings. The van der Waals surface area contributed by atoms with Crippen molar-refractivity contribution in [1.82, 2.24) is 14.8 Å². The molecule has 16 heavy (non-hydrogen) atoms. The molecule has 80 valence electrons. The highest BCUT2D eigenvalue weighted by atomic mass is 32.1. The lowest BCUT2D eigenvalue weighted by atomic mass is 10.2. The van der Waals surface area contributed by atoms with Crippen LogP contribution in [0.2, 0.25) is 0 Å². The Balaban J connectivity index is 2.37. The molecule has 0 aliphatic carbocycles. The molecular formula is C11H10N4S. The normalized spacial score (nSPS) is 11.4. The number of thiazole rings is 1. The second-order valence-corrected chi connectivity index (χ2v) is 4.27. The number of hydrogen-bond donors (Lipinski definition) is 0. The van der Waals surface area contributed by atoms with E-state index < -0.39 is 0 Å². The van der Waals surface area contributed by atoms with E-state index in [0.29, 0.717) is 5.57 Å². The fourth-order valence-corrected chi connectivity index (χ4v) is 2.06. The number of hydrogen-bond acceptors (Lipinski definition) is 4. The molecule has 0 radical (unpaired) electrons. The van der Waals surface area contributed by atoms with Crippen molar-refractivity contribution >= 4 is 23.0 Å². The van der Waals surface area contributed by atoms with Crippen LogP contribution in [0.15, 0.2) is 17.8 Å². The van der Waals surface area contributed by atoms with Crippen LogP contribution in [-0.2, 0) is 7.05 Å². The summed E-state index contributed by atoms with van der Waals surface area (Å²) in [6.45, 7) is 1.92. The Labute approximate surface area is 97.5 Å². The monoisotopic (exact) mass is 230 g/mol. The lowest BCUT2D eigenvalue weighted by Gasteiger charge is -1.90. The van der Waals surface area contributed by atoms with Gasteiger partial charge in [-0.2, -0.15) is 10.4 Å². The van der Waals surface area contributed by atoms with Gasteiger partial charge in [-0.05, 0) is 13.0 Å². The largest absolute Gasteiger partial charge is 0.275 e. The molecule has 0 aliphatic rings. The molecule has 0 fully saturated rings. The van der Waals surface area contributed by atoms with E-state index in [1.54, 1.807) is 17.0 Å². The second kappa shape index (κ2) is 4.29. The molecule has 0 bridgehead atoms. The first-order valence-electron chi connectivity index (χ1n) is 4.72. The van der Waals surface area contributed by atoms with Crippen LogP contribution in [-0.4, -0.2) is 14.8 Å². The minimum atomic E-state index is 0.575. The number of aromatic nitrogens is 3. The Morgan fingerprint density at radius 3 is 2.94 bits per heavy atom. The second-order valence-electron chi connectivity index (χ2n) is 3.41. The molecule has 0 spiro atoms. The lowest BCUT2D eigenvalue weighted by molar-refractivity contribution is 0.767. The predicted octanol–water partition coefficient (Wildman–Crippen LogP) is 2.25. The molecule has 2 rings (SSSR count). The quantitative estimate of drug-likeness (QED) is 0.743. The van der Waals surface area contributed by atoms with Gasteiger partial charge in [0.2, 0.25) is 0 Å². The van der Waals surface area contributed by atoms with Crippen molar-refractivity contribution in [2.45, 2.75) is 6.92 Å². The molecule has 5 heteroatoms. The van der Waals surface area contributed by atoms with Gasteiger partial charge < -0.3 is 0 Å². The highest BCUT2D eigenvalue weighted by molar-refractivity contribution is 7.11. The van der Waals surface area contributed by atoms with Gasteiger partial charge in [0.15, 0.2) is 0 Å².